The topological polar surface area (TPSA) is 55.5 Å². The Balaban J connectivity index is 2.04. The number of aromatic nitrogens is 1. The maximum absolute atomic E-state index is 12.9. The molecule has 1 heterocycles. The summed E-state index contributed by atoms with van der Waals surface area (Å²) in [7, 11) is 0. The number of hydrogen-bond donors (Lipinski definition) is 1. The first-order valence-electron chi connectivity index (χ1n) is 4.67. The summed E-state index contributed by atoms with van der Waals surface area (Å²) in [5.41, 5.74) is 0. The van der Waals surface area contributed by atoms with E-state index in [9.17, 15) is 4.39 Å². The number of rotatable bonds is 3. The Morgan fingerprint density at radius 2 is 2.25 bits per heavy atom. The summed E-state index contributed by atoms with van der Waals surface area (Å²) in [5, 5.41) is 9.14. The third kappa shape index (κ3) is 2.50. The summed E-state index contributed by atoms with van der Waals surface area (Å²) in [6.07, 6.45) is 1.54. The molecule has 1 aromatic heterocycles. The Kier molecular flexibility index (Phi) is 2.76. The molecule has 0 aliphatic rings. The van der Waals surface area contributed by atoms with Crippen LogP contribution in [0.25, 0.3) is 0 Å². The van der Waals surface area contributed by atoms with Crippen molar-refractivity contribution in [3.63, 3.8) is 0 Å². The predicted octanol–water partition coefficient (Wildman–Crippen LogP) is 2.41. The molecule has 0 saturated heterocycles. The Morgan fingerprint density at radius 3 is 2.88 bits per heavy atom. The van der Waals surface area contributed by atoms with E-state index in [1.54, 1.807) is 6.92 Å². The fourth-order valence-electron chi connectivity index (χ4n) is 1.26. The van der Waals surface area contributed by atoms with Crippen LogP contribution in [0.4, 0.5) is 4.39 Å². The standard InChI is InChI=1S/C11H10FNO3/c1-7-13-5-11(16-7)6-15-10-3-8(12)2-9(14)4-10/h2-5,14H,6H2,1H3. The molecule has 0 bridgehead atoms. The van der Waals surface area contributed by atoms with Crippen molar-refractivity contribution in [2.75, 3.05) is 0 Å². The van der Waals surface area contributed by atoms with Crippen molar-refractivity contribution < 1.29 is 18.7 Å². The van der Waals surface area contributed by atoms with Crippen LogP contribution >= 0.6 is 0 Å². The molecule has 5 heteroatoms. The van der Waals surface area contributed by atoms with Crippen LogP contribution in [0.2, 0.25) is 0 Å². The third-order valence-corrected chi connectivity index (χ3v) is 1.91. The highest BCUT2D eigenvalue weighted by Crippen LogP contribution is 2.21. The molecule has 2 rings (SSSR count). The maximum Gasteiger partial charge on any atom is 0.191 e. The van der Waals surface area contributed by atoms with Gasteiger partial charge in [0.15, 0.2) is 11.7 Å². The molecule has 1 N–H and O–H groups in total. The molecule has 0 aliphatic carbocycles. The van der Waals surface area contributed by atoms with Crippen LogP contribution in [0.1, 0.15) is 11.7 Å². The van der Waals surface area contributed by atoms with Crippen molar-refractivity contribution in [2.24, 2.45) is 0 Å². The van der Waals surface area contributed by atoms with Gasteiger partial charge in [-0.25, -0.2) is 9.37 Å². The normalized spacial score (nSPS) is 10.4. The maximum atomic E-state index is 12.9. The molecule has 2 aromatic rings. The van der Waals surface area contributed by atoms with Gasteiger partial charge in [-0.05, 0) is 0 Å². The summed E-state index contributed by atoms with van der Waals surface area (Å²) in [6.45, 7) is 1.86. The minimum atomic E-state index is -0.552. The number of ether oxygens (including phenoxy) is 1. The van der Waals surface area contributed by atoms with Gasteiger partial charge in [-0.1, -0.05) is 0 Å². The van der Waals surface area contributed by atoms with Gasteiger partial charge in [-0.15, -0.1) is 0 Å². The number of aromatic hydroxyl groups is 1. The fraction of sp³-hybridized carbons (Fsp3) is 0.182. The summed E-state index contributed by atoms with van der Waals surface area (Å²) in [6, 6.07) is 3.51. The van der Waals surface area contributed by atoms with Gasteiger partial charge in [0.05, 0.1) is 6.20 Å². The zero-order chi connectivity index (χ0) is 11.5. The van der Waals surface area contributed by atoms with Crippen molar-refractivity contribution in [1.82, 2.24) is 4.98 Å². The van der Waals surface area contributed by atoms with E-state index < -0.39 is 5.82 Å². The zero-order valence-corrected chi connectivity index (χ0v) is 8.61. The molecule has 84 valence electrons. The molecular weight excluding hydrogens is 213 g/mol. The van der Waals surface area contributed by atoms with E-state index in [2.05, 4.69) is 4.98 Å². The summed E-state index contributed by atoms with van der Waals surface area (Å²) >= 11 is 0. The average molecular weight is 223 g/mol. The van der Waals surface area contributed by atoms with Gasteiger partial charge in [0.25, 0.3) is 0 Å². The number of hydrogen-bond acceptors (Lipinski definition) is 4. The smallest absolute Gasteiger partial charge is 0.191 e. The Bertz CT molecular complexity index is 475. The van der Waals surface area contributed by atoms with E-state index >= 15 is 0 Å². The number of aryl methyl sites for hydroxylation is 1. The fourth-order valence-corrected chi connectivity index (χ4v) is 1.26. The molecule has 0 amide bonds. The minimum absolute atomic E-state index is 0.143. The van der Waals surface area contributed by atoms with E-state index in [1.807, 2.05) is 0 Å². The Labute approximate surface area is 91.3 Å². The van der Waals surface area contributed by atoms with Crippen molar-refractivity contribution in [3.8, 4) is 11.5 Å². The average Bonchev–Trinajstić information content (AvgIpc) is 2.60. The van der Waals surface area contributed by atoms with E-state index in [-0.39, 0.29) is 18.1 Å². The van der Waals surface area contributed by atoms with Gasteiger partial charge in [0.2, 0.25) is 0 Å². The predicted molar refractivity (Wildman–Crippen MR) is 53.6 cm³/mol. The molecule has 0 spiro atoms. The molecule has 0 unspecified atom stereocenters. The second kappa shape index (κ2) is 4.22. The lowest BCUT2D eigenvalue weighted by Crippen LogP contribution is -1.94. The number of nitrogens with zero attached hydrogens (tertiary/aromatic N) is 1. The molecule has 0 saturated carbocycles. The number of phenols is 1. The molecule has 16 heavy (non-hydrogen) atoms. The molecule has 0 fully saturated rings. The Morgan fingerprint density at radius 1 is 1.44 bits per heavy atom. The van der Waals surface area contributed by atoms with Crippen LogP contribution < -0.4 is 4.74 Å². The highest BCUT2D eigenvalue weighted by atomic mass is 19.1. The van der Waals surface area contributed by atoms with Crippen LogP contribution in [-0.2, 0) is 6.61 Å². The van der Waals surface area contributed by atoms with Crippen LogP contribution in [0.3, 0.4) is 0 Å². The van der Waals surface area contributed by atoms with E-state index in [4.69, 9.17) is 14.3 Å². The van der Waals surface area contributed by atoms with Crippen LogP contribution in [0, 0.1) is 12.7 Å². The zero-order valence-electron chi connectivity index (χ0n) is 8.61. The lowest BCUT2D eigenvalue weighted by Gasteiger charge is -2.04. The van der Waals surface area contributed by atoms with E-state index in [1.165, 1.54) is 18.3 Å². The summed E-state index contributed by atoms with van der Waals surface area (Å²) in [5.74, 6) is 0.598. The second-order valence-corrected chi connectivity index (χ2v) is 3.28. The van der Waals surface area contributed by atoms with Gasteiger partial charge in [-0.3, -0.25) is 0 Å². The number of phenolic OH excluding ortho intramolecular Hbond substituents is 1. The van der Waals surface area contributed by atoms with E-state index in [0.29, 0.717) is 11.7 Å². The van der Waals surface area contributed by atoms with Crippen molar-refractivity contribution in [3.05, 3.63) is 41.9 Å². The second-order valence-electron chi connectivity index (χ2n) is 3.28. The van der Waals surface area contributed by atoms with Gasteiger partial charge in [-0.2, -0.15) is 0 Å². The van der Waals surface area contributed by atoms with Gasteiger partial charge in [0, 0.05) is 25.1 Å². The quantitative estimate of drug-likeness (QED) is 0.868. The number of halogens is 1. The highest BCUT2D eigenvalue weighted by Gasteiger charge is 2.04. The molecular formula is C11H10FNO3. The highest BCUT2D eigenvalue weighted by molar-refractivity contribution is 5.32. The first-order chi connectivity index (χ1) is 7.63. The third-order valence-electron chi connectivity index (χ3n) is 1.91. The van der Waals surface area contributed by atoms with Crippen molar-refractivity contribution in [1.29, 1.82) is 0 Å². The lowest BCUT2D eigenvalue weighted by atomic mass is 10.3. The number of benzene rings is 1. The first kappa shape index (κ1) is 10.5. The van der Waals surface area contributed by atoms with E-state index in [0.717, 1.165) is 6.07 Å². The molecule has 4 nitrogen and oxygen atoms in total. The Hall–Kier alpha value is -2.04. The molecule has 0 atom stereocenters. The van der Waals surface area contributed by atoms with Gasteiger partial charge >= 0.3 is 0 Å². The summed E-state index contributed by atoms with van der Waals surface area (Å²) in [4.78, 5) is 3.89. The van der Waals surface area contributed by atoms with Crippen LogP contribution in [0.5, 0.6) is 11.5 Å². The van der Waals surface area contributed by atoms with Crippen molar-refractivity contribution in [2.45, 2.75) is 13.5 Å². The first-order valence-corrected chi connectivity index (χ1v) is 4.67. The van der Waals surface area contributed by atoms with Crippen LogP contribution in [0.15, 0.2) is 28.8 Å². The molecule has 1 aromatic carbocycles. The molecule has 0 aliphatic heterocycles. The van der Waals surface area contributed by atoms with Gasteiger partial charge < -0.3 is 14.3 Å². The van der Waals surface area contributed by atoms with Gasteiger partial charge in [0.1, 0.15) is 23.9 Å². The lowest BCUT2D eigenvalue weighted by molar-refractivity contribution is 0.265. The monoisotopic (exact) mass is 223 g/mol. The van der Waals surface area contributed by atoms with Crippen molar-refractivity contribution >= 4 is 0 Å². The minimum Gasteiger partial charge on any atom is -0.508 e. The molecule has 0 radical (unpaired) electrons. The largest absolute Gasteiger partial charge is 0.508 e. The summed E-state index contributed by atoms with van der Waals surface area (Å²) < 4.78 is 23.3. The van der Waals surface area contributed by atoms with Crippen LogP contribution in [-0.4, -0.2) is 10.1 Å². The SMILES string of the molecule is Cc1ncc(COc2cc(O)cc(F)c2)o1. The number of oxazole rings is 1.